The van der Waals surface area contributed by atoms with E-state index in [1.165, 1.54) is 18.7 Å². The summed E-state index contributed by atoms with van der Waals surface area (Å²) in [5.41, 5.74) is 1.19. The van der Waals surface area contributed by atoms with Crippen LogP contribution in [0.1, 0.15) is 19.4 Å². The van der Waals surface area contributed by atoms with Gasteiger partial charge in [-0.2, -0.15) is 5.26 Å². The second-order valence-electron chi connectivity index (χ2n) is 5.69. The molecule has 2 amide bonds. The molecule has 1 unspecified atom stereocenters. The zero-order chi connectivity index (χ0) is 19.6. The molecular weight excluding hydrogens is 362 g/mol. The minimum absolute atomic E-state index is 0.0748. The maximum atomic E-state index is 12.2. The number of anilines is 2. The molecule has 8 heteroatoms. The van der Waals surface area contributed by atoms with Crippen molar-refractivity contribution in [2.45, 2.75) is 24.0 Å². The number of rotatable bonds is 8. The van der Waals surface area contributed by atoms with Crippen molar-refractivity contribution in [2.75, 3.05) is 23.7 Å². The van der Waals surface area contributed by atoms with Crippen molar-refractivity contribution in [1.82, 2.24) is 10.3 Å². The number of hydrogen-bond acceptors (Lipinski definition) is 6. The normalized spacial score (nSPS) is 11.1. The predicted octanol–water partition coefficient (Wildman–Crippen LogP) is 2.62. The molecule has 140 valence electrons. The first-order valence-electron chi connectivity index (χ1n) is 8.40. The molecule has 0 aliphatic rings. The molecule has 2 aromatic rings. The summed E-state index contributed by atoms with van der Waals surface area (Å²) in [4.78, 5) is 28.3. The second kappa shape index (κ2) is 10.2. The lowest BCUT2D eigenvalue weighted by Gasteiger charge is -2.13. The molecule has 1 atom stereocenters. The Hall–Kier alpha value is -3.05. The molecule has 0 fully saturated rings. The Labute approximate surface area is 162 Å². The van der Waals surface area contributed by atoms with Crippen LogP contribution in [0.15, 0.2) is 47.5 Å². The number of carbonyl (C=O) groups is 2. The van der Waals surface area contributed by atoms with Gasteiger partial charge in [-0.1, -0.05) is 0 Å². The molecule has 0 bridgehead atoms. The maximum Gasteiger partial charge on any atom is 0.233 e. The Morgan fingerprint density at radius 1 is 1.22 bits per heavy atom. The zero-order valence-corrected chi connectivity index (χ0v) is 16.0. The van der Waals surface area contributed by atoms with Crippen LogP contribution in [0.25, 0.3) is 0 Å². The van der Waals surface area contributed by atoms with E-state index in [4.69, 9.17) is 5.26 Å². The van der Waals surface area contributed by atoms with Gasteiger partial charge >= 0.3 is 0 Å². The fourth-order valence-corrected chi connectivity index (χ4v) is 3.12. The fourth-order valence-electron chi connectivity index (χ4n) is 2.22. The summed E-state index contributed by atoms with van der Waals surface area (Å²) in [5.74, 6) is 0.314. The van der Waals surface area contributed by atoms with Crippen LogP contribution in [-0.2, 0) is 9.59 Å². The van der Waals surface area contributed by atoms with Gasteiger partial charge in [0.15, 0.2) is 0 Å². The highest BCUT2D eigenvalue weighted by Crippen LogP contribution is 2.24. The first kappa shape index (κ1) is 20.3. The molecule has 3 N–H and O–H groups in total. The van der Waals surface area contributed by atoms with Crippen molar-refractivity contribution in [2.24, 2.45) is 0 Å². The highest BCUT2D eigenvalue weighted by atomic mass is 32.2. The number of thioether (sulfide) groups is 1. The van der Waals surface area contributed by atoms with Gasteiger partial charge in [0.2, 0.25) is 11.8 Å². The summed E-state index contributed by atoms with van der Waals surface area (Å²) >= 11 is 1.44. The number of pyridine rings is 1. The first-order chi connectivity index (χ1) is 13.0. The smallest absolute Gasteiger partial charge is 0.233 e. The molecule has 0 radical (unpaired) electrons. The third kappa shape index (κ3) is 6.64. The minimum Gasteiger partial charge on any atom is -0.367 e. The van der Waals surface area contributed by atoms with Gasteiger partial charge in [0.25, 0.3) is 0 Å². The van der Waals surface area contributed by atoms with E-state index in [2.05, 4.69) is 27.0 Å². The van der Waals surface area contributed by atoms with Crippen LogP contribution in [0, 0.1) is 11.3 Å². The van der Waals surface area contributed by atoms with Crippen molar-refractivity contribution < 1.29 is 9.59 Å². The van der Waals surface area contributed by atoms with E-state index < -0.39 is 0 Å². The zero-order valence-electron chi connectivity index (χ0n) is 15.2. The van der Waals surface area contributed by atoms with Gasteiger partial charge in [-0.05, 0) is 43.3 Å². The van der Waals surface area contributed by atoms with Crippen LogP contribution in [0.5, 0.6) is 0 Å². The van der Waals surface area contributed by atoms with Gasteiger partial charge in [-0.15, -0.1) is 11.8 Å². The monoisotopic (exact) mass is 383 g/mol. The molecule has 27 heavy (non-hydrogen) atoms. The molecule has 1 heterocycles. The van der Waals surface area contributed by atoms with Crippen LogP contribution in [0.4, 0.5) is 11.5 Å². The van der Waals surface area contributed by atoms with Crippen LogP contribution in [0.3, 0.4) is 0 Å². The molecule has 0 aliphatic heterocycles. The second-order valence-corrected chi connectivity index (χ2v) is 7.11. The van der Waals surface area contributed by atoms with Crippen LogP contribution < -0.4 is 16.0 Å². The molecule has 1 aromatic heterocycles. The van der Waals surface area contributed by atoms with E-state index in [0.717, 1.165) is 10.6 Å². The topological polar surface area (TPSA) is 107 Å². The van der Waals surface area contributed by atoms with E-state index in [9.17, 15) is 9.59 Å². The summed E-state index contributed by atoms with van der Waals surface area (Å²) in [6.45, 7) is 4.19. The lowest BCUT2D eigenvalue weighted by atomic mass is 10.3. The average molecular weight is 383 g/mol. The van der Waals surface area contributed by atoms with E-state index in [-0.39, 0.29) is 17.1 Å². The van der Waals surface area contributed by atoms with Crippen molar-refractivity contribution in [1.29, 1.82) is 5.26 Å². The Morgan fingerprint density at radius 3 is 2.63 bits per heavy atom. The van der Waals surface area contributed by atoms with Crippen molar-refractivity contribution in [3.8, 4) is 6.07 Å². The van der Waals surface area contributed by atoms with Gasteiger partial charge in [-0.25, -0.2) is 4.98 Å². The molecule has 7 nitrogen and oxygen atoms in total. The van der Waals surface area contributed by atoms with E-state index in [1.54, 1.807) is 30.5 Å². The molecule has 2 rings (SSSR count). The van der Waals surface area contributed by atoms with E-state index in [1.807, 2.05) is 19.1 Å². The average Bonchev–Trinajstić information content (AvgIpc) is 2.66. The predicted molar refractivity (Wildman–Crippen MR) is 107 cm³/mol. The Balaban J connectivity index is 1.75. The SMILES string of the molecule is CC(=O)Nc1ccc(SC(C)C(=O)NCCNc2ncccc2C#N)cc1. The van der Waals surface area contributed by atoms with Crippen molar-refractivity contribution in [3.05, 3.63) is 48.2 Å². The number of aromatic nitrogens is 1. The number of benzene rings is 1. The van der Waals surface area contributed by atoms with E-state index in [0.29, 0.717) is 24.5 Å². The number of hydrogen-bond donors (Lipinski definition) is 3. The molecular formula is C19H21N5O2S. The summed E-state index contributed by atoms with van der Waals surface area (Å²) in [7, 11) is 0. The molecule has 0 spiro atoms. The Kier molecular flexibility index (Phi) is 7.64. The highest BCUT2D eigenvalue weighted by molar-refractivity contribution is 8.00. The van der Waals surface area contributed by atoms with Gasteiger partial charge in [0.05, 0.1) is 10.8 Å². The largest absolute Gasteiger partial charge is 0.367 e. The lowest BCUT2D eigenvalue weighted by Crippen LogP contribution is -2.34. The van der Waals surface area contributed by atoms with E-state index >= 15 is 0 Å². The van der Waals surface area contributed by atoms with Gasteiger partial charge in [0.1, 0.15) is 11.9 Å². The number of nitrogens with one attached hydrogen (secondary N) is 3. The molecule has 0 saturated carbocycles. The van der Waals surface area contributed by atoms with Crippen LogP contribution >= 0.6 is 11.8 Å². The Bertz CT molecular complexity index is 833. The third-order valence-corrected chi connectivity index (χ3v) is 4.61. The number of nitrogens with zero attached hydrogens (tertiary/aromatic N) is 2. The summed E-state index contributed by atoms with van der Waals surface area (Å²) in [5, 5.41) is 17.4. The molecule has 0 saturated heterocycles. The van der Waals surface area contributed by atoms with Gasteiger partial charge in [-0.3, -0.25) is 9.59 Å². The quantitative estimate of drug-likeness (QED) is 0.478. The van der Waals surface area contributed by atoms with Crippen molar-refractivity contribution >= 4 is 35.1 Å². The standard InChI is InChI=1S/C19H21N5O2S/c1-13(27-17-7-5-16(6-8-17)24-14(2)25)19(26)23-11-10-22-18-15(12-20)4-3-9-21-18/h3-9,13H,10-11H2,1-2H3,(H,21,22)(H,23,26)(H,24,25). The Morgan fingerprint density at radius 2 is 1.96 bits per heavy atom. The summed E-state index contributed by atoms with van der Waals surface area (Å²) in [6.07, 6.45) is 1.61. The van der Waals surface area contributed by atoms with Gasteiger partial charge < -0.3 is 16.0 Å². The van der Waals surface area contributed by atoms with Crippen LogP contribution in [0.2, 0.25) is 0 Å². The van der Waals surface area contributed by atoms with Crippen molar-refractivity contribution in [3.63, 3.8) is 0 Å². The van der Waals surface area contributed by atoms with Crippen LogP contribution in [-0.4, -0.2) is 35.1 Å². The van der Waals surface area contributed by atoms with Gasteiger partial charge in [0, 0.05) is 36.8 Å². The number of carbonyl (C=O) groups excluding carboxylic acids is 2. The first-order valence-corrected chi connectivity index (χ1v) is 9.28. The third-order valence-electron chi connectivity index (χ3n) is 3.50. The number of nitriles is 1. The maximum absolute atomic E-state index is 12.2. The molecule has 0 aliphatic carbocycles. The summed E-state index contributed by atoms with van der Waals surface area (Å²) in [6, 6.07) is 12.8. The fraction of sp³-hybridized carbons (Fsp3) is 0.263. The highest BCUT2D eigenvalue weighted by Gasteiger charge is 2.14. The number of amides is 2. The minimum atomic E-state index is -0.263. The molecule has 1 aromatic carbocycles. The summed E-state index contributed by atoms with van der Waals surface area (Å²) < 4.78 is 0. The lowest BCUT2D eigenvalue weighted by molar-refractivity contribution is -0.120.